The summed E-state index contributed by atoms with van der Waals surface area (Å²) in [5, 5.41) is 11.1. The molecule has 0 spiro atoms. The van der Waals surface area contributed by atoms with Crippen molar-refractivity contribution in [3.63, 3.8) is 0 Å². The van der Waals surface area contributed by atoms with Crippen molar-refractivity contribution in [2.45, 2.75) is 13.0 Å². The third kappa shape index (κ3) is 3.76. The van der Waals surface area contributed by atoms with Crippen LogP contribution in [0.1, 0.15) is 24.1 Å². The van der Waals surface area contributed by atoms with Crippen LogP contribution in [0.15, 0.2) is 60.7 Å². The minimum Gasteiger partial charge on any atom is -0.507 e. The highest BCUT2D eigenvalue weighted by atomic mass is 35.5. The number of carbonyl (C=O) groups excluding carboxylic acids is 2. The van der Waals surface area contributed by atoms with Crippen molar-refractivity contribution in [1.82, 2.24) is 4.90 Å². The van der Waals surface area contributed by atoms with E-state index >= 15 is 0 Å². The quantitative estimate of drug-likeness (QED) is 0.327. The number of rotatable bonds is 6. The minimum absolute atomic E-state index is 0.0182. The fourth-order valence-electron chi connectivity index (χ4n) is 3.30. The number of likely N-dealkylation sites (tertiary alicyclic amines) is 1. The van der Waals surface area contributed by atoms with Crippen LogP contribution in [0.3, 0.4) is 0 Å². The second-order valence-corrected chi connectivity index (χ2v) is 6.75. The van der Waals surface area contributed by atoms with E-state index in [2.05, 4.69) is 6.58 Å². The number of benzene rings is 2. The van der Waals surface area contributed by atoms with Gasteiger partial charge >= 0.3 is 0 Å². The molecular formula is C22H19ClFNO4. The molecule has 1 saturated heterocycles. The molecule has 1 amide bonds. The molecule has 0 aromatic heterocycles. The lowest BCUT2D eigenvalue weighted by Crippen LogP contribution is -2.30. The minimum atomic E-state index is -1.08. The number of hydrogen-bond acceptors (Lipinski definition) is 4. The Hall–Kier alpha value is -3.12. The summed E-state index contributed by atoms with van der Waals surface area (Å²) in [4.78, 5) is 26.5. The Balaban J connectivity index is 2.19. The maximum absolute atomic E-state index is 14.5. The van der Waals surface area contributed by atoms with E-state index in [-0.39, 0.29) is 28.3 Å². The molecule has 29 heavy (non-hydrogen) atoms. The van der Waals surface area contributed by atoms with E-state index in [9.17, 15) is 19.1 Å². The van der Waals surface area contributed by atoms with E-state index in [1.54, 1.807) is 19.1 Å². The number of aliphatic hydroxyl groups is 1. The van der Waals surface area contributed by atoms with E-state index in [4.69, 9.17) is 16.3 Å². The second kappa shape index (κ2) is 8.49. The Labute approximate surface area is 172 Å². The first-order valence-electron chi connectivity index (χ1n) is 8.97. The van der Waals surface area contributed by atoms with Crippen LogP contribution in [0, 0.1) is 5.82 Å². The van der Waals surface area contributed by atoms with Gasteiger partial charge in [0.15, 0.2) is 0 Å². The molecule has 150 valence electrons. The molecule has 1 N–H and O–H groups in total. The van der Waals surface area contributed by atoms with Crippen molar-refractivity contribution in [3.05, 3.63) is 82.7 Å². The highest BCUT2D eigenvalue weighted by molar-refractivity contribution is 6.46. The molecule has 1 atom stereocenters. The monoisotopic (exact) mass is 415 g/mol. The van der Waals surface area contributed by atoms with Crippen LogP contribution in [0.4, 0.5) is 4.39 Å². The summed E-state index contributed by atoms with van der Waals surface area (Å²) in [6.45, 7) is 5.82. The lowest BCUT2D eigenvalue weighted by Gasteiger charge is -2.24. The summed E-state index contributed by atoms with van der Waals surface area (Å²) in [7, 11) is 0. The third-order valence-electron chi connectivity index (χ3n) is 4.57. The topological polar surface area (TPSA) is 66.8 Å². The molecule has 5 nitrogen and oxygen atoms in total. The zero-order valence-corrected chi connectivity index (χ0v) is 16.4. The average molecular weight is 416 g/mol. The van der Waals surface area contributed by atoms with Gasteiger partial charge in [0.2, 0.25) is 0 Å². The molecule has 1 unspecified atom stereocenters. The maximum Gasteiger partial charge on any atom is 0.295 e. The Kier molecular flexibility index (Phi) is 6.03. The standard InChI is InChI=1S/C22H19ClFNO4/c1-3-11-25-19(14-7-5-6-8-16(14)24)18(21(27)22(25)28)20(26)13-9-10-17(29-4-2)15(23)12-13/h3,5-10,12,19,26H,1,4,11H2,2H3. The molecule has 7 heteroatoms. The van der Waals surface area contributed by atoms with Gasteiger partial charge in [-0.1, -0.05) is 35.9 Å². The molecule has 2 aromatic carbocycles. The summed E-state index contributed by atoms with van der Waals surface area (Å²) >= 11 is 6.19. The van der Waals surface area contributed by atoms with E-state index in [0.717, 1.165) is 0 Å². The summed E-state index contributed by atoms with van der Waals surface area (Å²) < 4.78 is 19.9. The smallest absolute Gasteiger partial charge is 0.295 e. The lowest BCUT2D eigenvalue weighted by molar-refractivity contribution is -0.139. The Bertz CT molecular complexity index is 1020. The molecule has 1 aliphatic rings. The number of Topliss-reactive ketones (excluding diaryl/α,β-unsaturated/α-hetero) is 1. The predicted octanol–water partition coefficient (Wildman–Crippen LogP) is 4.49. The van der Waals surface area contributed by atoms with E-state index < -0.39 is 29.3 Å². The number of aliphatic hydroxyl groups excluding tert-OH is 1. The van der Waals surface area contributed by atoms with Gasteiger partial charge in [-0.3, -0.25) is 9.59 Å². The van der Waals surface area contributed by atoms with Gasteiger partial charge in [-0.15, -0.1) is 6.58 Å². The van der Waals surface area contributed by atoms with Gasteiger partial charge in [-0.2, -0.15) is 0 Å². The molecule has 3 rings (SSSR count). The Morgan fingerprint density at radius 1 is 1.31 bits per heavy atom. The molecule has 1 heterocycles. The molecule has 2 aromatic rings. The van der Waals surface area contributed by atoms with Crippen LogP contribution in [-0.2, 0) is 9.59 Å². The fourth-order valence-corrected chi connectivity index (χ4v) is 3.54. The molecule has 0 radical (unpaired) electrons. The van der Waals surface area contributed by atoms with Gasteiger partial charge in [0.1, 0.15) is 17.3 Å². The third-order valence-corrected chi connectivity index (χ3v) is 4.87. The first-order valence-corrected chi connectivity index (χ1v) is 9.34. The van der Waals surface area contributed by atoms with Crippen LogP contribution < -0.4 is 4.74 Å². The normalized spacial score (nSPS) is 18.2. The predicted molar refractivity (Wildman–Crippen MR) is 108 cm³/mol. The van der Waals surface area contributed by atoms with Gasteiger partial charge in [0.25, 0.3) is 11.7 Å². The zero-order valence-electron chi connectivity index (χ0n) is 15.7. The molecule has 0 aliphatic carbocycles. The van der Waals surface area contributed by atoms with Crippen LogP contribution in [-0.4, -0.2) is 34.8 Å². The van der Waals surface area contributed by atoms with Gasteiger partial charge < -0.3 is 14.7 Å². The number of ketones is 1. The molecular weight excluding hydrogens is 397 g/mol. The SMILES string of the molecule is C=CCN1C(=O)C(=O)C(=C(O)c2ccc(OCC)c(Cl)c2)C1c1ccccc1F. The van der Waals surface area contributed by atoms with Gasteiger partial charge in [0, 0.05) is 17.7 Å². The summed E-state index contributed by atoms with van der Waals surface area (Å²) in [6.07, 6.45) is 1.44. The van der Waals surface area contributed by atoms with Crippen molar-refractivity contribution in [2.75, 3.05) is 13.2 Å². The summed E-state index contributed by atoms with van der Waals surface area (Å²) in [5.41, 5.74) is 0.116. The molecule has 1 aliphatic heterocycles. The summed E-state index contributed by atoms with van der Waals surface area (Å²) in [5.74, 6) is -2.35. The van der Waals surface area contributed by atoms with Crippen molar-refractivity contribution < 1.29 is 23.8 Å². The zero-order chi connectivity index (χ0) is 21.1. The first kappa shape index (κ1) is 20.6. The van der Waals surface area contributed by atoms with Crippen molar-refractivity contribution in [1.29, 1.82) is 0 Å². The maximum atomic E-state index is 14.5. The molecule has 0 saturated carbocycles. The van der Waals surface area contributed by atoms with Crippen molar-refractivity contribution in [3.8, 4) is 5.75 Å². The highest BCUT2D eigenvalue weighted by Crippen LogP contribution is 2.40. The number of carbonyl (C=O) groups is 2. The largest absolute Gasteiger partial charge is 0.507 e. The number of amides is 1. The van der Waals surface area contributed by atoms with Gasteiger partial charge in [-0.25, -0.2) is 4.39 Å². The molecule has 1 fully saturated rings. The van der Waals surface area contributed by atoms with Crippen LogP contribution in [0.2, 0.25) is 5.02 Å². The van der Waals surface area contributed by atoms with E-state index in [1.165, 1.54) is 41.3 Å². The van der Waals surface area contributed by atoms with Crippen LogP contribution in [0.5, 0.6) is 5.75 Å². The van der Waals surface area contributed by atoms with Gasteiger partial charge in [0.05, 0.1) is 23.2 Å². The first-order chi connectivity index (χ1) is 13.9. The fraction of sp³-hybridized carbons (Fsp3) is 0.182. The summed E-state index contributed by atoms with van der Waals surface area (Å²) in [6, 6.07) is 9.23. The molecule has 0 bridgehead atoms. The highest BCUT2D eigenvalue weighted by Gasteiger charge is 2.46. The van der Waals surface area contributed by atoms with Crippen molar-refractivity contribution in [2.24, 2.45) is 0 Å². The number of ether oxygens (including phenoxy) is 1. The Morgan fingerprint density at radius 3 is 2.66 bits per heavy atom. The number of halogens is 2. The lowest BCUT2D eigenvalue weighted by atomic mass is 9.95. The van der Waals surface area contributed by atoms with E-state index in [0.29, 0.717) is 12.4 Å². The Morgan fingerprint density at radius 2 is 2.03 bits per heavy atom. The van der Waals surface area contributed by atoms with Crippen LogP contribution >= 0.6 is 11.6 Å². The van der Waals surface area contributed by atoms with Crippen LogP contribution in [0.25, 0.3) is 5.76 Å². The van der Waals surface area contributed by atoms with Gasteiger partial charge in [-0.05, 0) is 31.2 Å². The second-order valence-electron chi connectivity index (χ2n) is 6.34. The average Bonchev–Trinajstić information content (AvgIpc) is 2.94. The van der Waals surface area contributed by atoms with Crippen molar-refractivity contribution >= 4 is 29.1 Å². The van der Waals surface area contributed by atoms with E-state index in [1.807, 2.05) is 0 Å². The number of nitrogens with zero attached hydrogens (tertiary/aromatic N) is 1. The number of hydrogen-bond donors (Lipinski definition) is 1.